The molecule has 0 bridgehead atoms. The zero-order chi connectivity index (χ0) is 41.5. The van der Waals surface area contributed by atoms with E-state index in [9.17, 15) is 0 Å². The molecular weight excluding hydrogens is 970 g/mol. The van der Waals surface area contributed by atoms with E-state index in [0.29, 0.717) is 0 Å². The minimum atomic E-state index is -2.75. The summed E-state index contributed by atoms with van der Waals surface area (Å²) in [5.74, 6) is 0. The van der Waals surface area contributed by atoms with Crippen LogP contribution in [0.4, 0.5) is 0 Å². The Kier molecular flexibility index (Phi) is 18.9. The first kappa shape index (κ1) is 47.5. The Balaban J connectivity index is 0.000000170. The van der Waals surface area contributed by atoms with Gasteiger partial charge in [0.05, 0.1) is 0 Å². The van der Waals surface area contributed by atoms with E-state index in [4.69, 9.17) is 0 Å². The third kappa shape index (κ3) is 14.8. The van der Waals surface area contributed by atoms with Gasteiger partial charge in [0.15, 0.2) is 0 Å². The molecule has 0 heterocycles. The predicted octanol–water partition coefficient (Wildman–Crippen LogP) is 16.8. The molecule has 0 aromatic heterocycles. The van der Waals surface area contributed by atoms with E-state index in [-0.39, 0.29) is 0 Å². The summed E-state index contributed by atoms with van der Waals surface area (Å²) < 4.78 is 25.0. The summed E-state index contributed by atoms with van der Waals surface area (Å²) in [7, 11) is 0. The van der Waals surface area contributed by atoms with E-state index in [2.05, 4.69) is 221 Å². The molecule has 302 valence electrons. The fourth-order valence-corrected chi connectivity index (χ4v) is 32.9. The molecule has 0 saturated heterocycles. The fourth-order valence-electron chi connectivity index (χ4n) is 8.36. The molecular formula is C54H70TiZr3. The van der Waals surface area contributed by atoms with Crippen molar-refractivity contribution in [2.45, 2.75) is 83.3 Å². The van der Waals surface area contributed by atoms with Gasteiger partial charge in [-0.2, -0.15) is 0 Å². The summed E-state index contributed by atoms with van der Waals surface area (Å²) in [6, 6.07) is 33.5. The topological polar surface area (TPSA) is 0 Å². The molecule has 8 rings (SSSR count). The molecule has 4 heteroatoms. The van der Waals surface area contributed by atoms with E-state index in [1.54, 1.807) is 17.0 Å². The predicted molar refractivity (Wildman–Crippen MR) is 247 cm³/mol. The maximum atomic E-state index is 2.53. The van der Waals surface area contributed by atoms with Gasteiger partial charge in [-0.05, 0) is 0 Å². The van der Waals surface area contributed by atoms with Crippen LogP contribution in [-0.4, -0.2) is 0 Å². The van der Waals surface area contributed by atoms with Gasteiger partial charge in [0, 0.05) is 0 Å². The molecule has 0 radical (unpaired) electrons. The van der Waals surface area contributed by atoms with Crippen LogP contribution in [0.15, 0.2) is 199 Å². The second-order valence-electron chi connectivity index (χ2n) is 19.0. The van der Waals surface area contributed by atoms with E-state index in [0.717, 1.165) is 6.42 Å². The summed E-state index contributed by atoms with van der Waals surface area (Å²) in [5.41, 5.74) is 4.52. The van der Waals surface area contributed by atoms with Crippen molar-refractivity contribution in [2.24, 2.45) is 0 Å². The first-order chi connectivity index (χ1) is 27.8. The Hall–Kier alpha value is -1.58. The van der Waals surface area contributed by atoms with Crippen molar-refractivity contribution in [1.29, 1.82) is 0 Å². The van der Waals surface area contributed by atoms with E-state index >= 15 is 0 Å². The SMILES string of the molecule is C1=CC[C]([Zr]([CH2]c2ccccc2)([CH2]c2ccccc2)[CH2]c2ccccc2)=C1.[CH3][Ti]([CH3])([CH3])[C]1=CC=CC1.[CH3][Zr]([CH3])([CH3])[C]1=CC=CC1.[CH3][Zr]([CH3])([C]1=CC=CC1)[C]1=CC=CC1. The van der Waals surface area contributed by atoms with Gasteiger partial charge in [-0.15, -0.1) is 0 Å². The second kappa shape index (κ2) is 23.0. The van der Waals surface area contributed by atoms with Crippen molar-refractivity contribution in [2.75, 3.05) is 0 Å². The standard InChI is InChI=1S/3C7H7.5C5H5.8CH3.Ti.3Zr/c3*1-7-5-3-2-4-6-7;5*1-2-4-5-3-1;;;;;;;;;;;;/h3*2-6H,1H2;5*1-3H,4H2;8*1H3;;;;. The minimum absolute atomic E-state index is 1.16. The summed E-state index contributed by atoms with van der Waals surface area (Å²) in [6.45, 7) is 0. The van der Waals surface area contributed by atoms with Gasteiger partial charge in [-0.25, -0.2) is 0 Å². The molecule has 0 spiro atoms. The van der Waals surface area contributed by atoms with Gasteiger partial charge in [0.1, 0.15) is 0 Å². The van der Waals surface area contributed by atoms with Crippen LogP contribution in [0.25, 0.3) is 0 Å². The van der Waals surface area contributed by atoms with Gasteiger partial charge in [0.2, 0.25) is 0 Å². The average Bonchev–Trinajstić information content (AvgIpc) is 4.06. The van der Waals surface area contributed by atoms with Gasteiger partial charge in [-0.1, -0.05) is 0 Å². The number of rotatable bonds is 11. The first-order valence-corrected chi connectivity index (χ1v) is 49.6. The Morgan fingerprint density at radius 1 is 0.397 bits per heavy atom. The molecule has 0 amide bonds. The van der Waals surface area contributed by atoms with E-state index < -0.39 is 77.4 Å². The van der Waals surface area contributed by atoms with Gasteiger partial charge in [0.25, 0.3) is 0 Å². The second-order valence-corrected chi connectivity index (χ2v) is 61.3. The molecule has 0 nitrogen and oxygen atoms in total. The van der Waals surface area contributed by atoms with Gasteiger partial charge >= 0.3 is 377 Å². The van der Waals surface area contributed by atoms with Crippen LogP contribution in [0, 0.1) is 0 Å². The molecule has 5 aliphatic rings. The summed E-state index contributed by atoms with van der Waals surface area (Å²) >= 11 is -7.73. The number of benzene rings is 3. The van der Waals surface area contributed by atoms with Crippen LogP contribution in [0.1, 0.15) is 48.8 Å². The van der Waals surface area contributed by atoms with Crippen molar-refractivity contribution in [3.05, 3.63) is 216 Å². The fraction of sp³-hybridized carbons (Fsp3) is 0.296. The monoisotopic (exact) mass is 1040 g/mol. The Bertz CT molecular complexity index is 1920. The Morgan fingerprint density at radius 2 is 0.724 bits per heavy atom. The molecule has 58 heavy (non-hydrogen) atoms. The molecule has 0 unspecified atom stereocenters. The van der Waals surface area contributed by atoms with Crippen LogP contribution >= 0.6 is 0 Å². The van der Waals surface area contributed by atoms with Crippen molar-refractivity contribution in [1.82, 2.24) is 0 Å². The molecule has 0 N–H and O–H groups in total. The van der Waals surface area contributed by atoms with Crippen LogP contribution < -0.4 is 0 Å². The maximum absolute atomic E-state index is 2.75. The molecule has 0 aliphatic heterocycles. The van der Waals surface area contributed by atoms with E-state index in [1.165, 1.54) is 54.8 Å². The van der Waals surface area contributed by atoms with Crippen molar-refractivity contribution < 1.29 is 77.4 Å². The van der Waals surface area contributed by atoms with Crippen LogP contribution in [0.3, 0.4) is 0 Å². The van der Waals surface area contributed by atoms with E-state index in [1.807, 2.05) is 0 Å². The Labute approximate surface area is 371 Å². The Morgan fingerprint density at radius 3 is 0.983 bits per heavy atom. The van der Waals surface area contributed by atoms with Gasteiger partial charge < -0.3 is 0 Å². The molecule has 5 aliphatic carbocycles. The number of hydrogen-bond acceptors (Lipinski definition) is 0. The van der Waals surface area contributed by atoms with Crippen LogP contribution in [-0.2, 0) is 89.8 Å². The molecule has 3 aromatic carbocycles. The zero-order valence-corrected chi connectivity index (χ0v) is 45.9. The quantitative estimate of drug-likeness (QED) is 0.168. The number of hydrogen-bond donors (Lipinski definition) is 0. The molecule has 3 aromatic rings. The third-order valence-electron chi connectivity index (χ3n) is 12.2. The molecule has 0 saturated carbocycles. The normalized spacial score (nSPS) is 16.7. The zero-order valence-electron chi connectivity index (χ0n) is 37.0. The summed E-state index contributed by atoms with van der Waals surface area (Å²) in [6.07, 6.45) is 40.4. The summed E-state index contributed by atoms with van der Waals surface area (Å²) in [5, 5.41) is 7.33. The third-order valence-corrected chi connectivity index (χ3v) is 43.4. The van der Waals surface area contributed by atoms with Crippen molar-refractivity contribution >= 4 is 0 Å². The molecule has 0 fully saturated rings. The van der Waals surface area contributed by atoms with Crippen molar-refractivity contribution in [3.8, 4) is 0 Å². The van der Waals surface area contributed by atoms with Crippen LogP contribution in [0.5, 0.6) is 0 Å². The number of allylic oxidation sites excluding steroid dienone is 20. The first-order valence-electron chi connectivity index (χ1n) is 21.7. The molecule has 0 atom stereocenters. The average molecular weight is 1040 g/mol. The van der Waals surface area contributed by atoms with Gasteiger partial charge in [-0.3, -0.25) is 0 Å². The summed E-state index contributed by atoms with van der Waals surface area (Å²) in [4.78, 5) is 0. The van der Waals surface area contributed by atoms with Crippen molar-refractivity contribution in [3.63, 3.8) is 0 Å². The van der Waals surface area contributed by atoms with Crippen LogP contribution in [0.2, 0.25) is 38.8 Å².